The van der Waals surface area contributed by atoms with Crippen molar-refractivity contribution in [3.63, 3.8) is 0 Å². The van der Waals surface area contributed by atoms with Gasteiger partial charge in [0.1, 0.15) is 35.4 Å². The van der Waals surface area contributed by atoms with E-state index in [0.29, 0.717) is 11.5 Å². The van der Waals surface area contributed by atoms with E-state index in [1.54, 1.807) is 32.6 Å². The molecule has 0 bridgehead atoms. The Bertz CT molecular complexity index is 2100. The van der Waals surface area contributed by atoms with Gasteiger partial charge < -0.3 is 28.5 Å². The van der Waals surface area contributed by atoms with E-state index in [1.807, 2.05) is 78.9 Å². The second-order valence-corrected chi connectivity index (χ2v) is 20.4. The lowest BCUT2D eigenvalue weighted by atomic mass is 9.80. The number of benzene rings is 3. The zero-order valence-corrected chi connectivity index (χ0v) is 33.8. The second-order valence-electron chi connectivity index (χ2n) is 15.6. The van der Waals surface area contributed by atoms with Crippen LogP contribution < -0.4 is 20.3 Å². The number of aliphatic hydroxyl groups is 1. The minimum absolute atomic E-state index is 0.0233. The number of imidazole rings is 1. The summed E-state index contributed by atoms with van der Waals surface area (Å²) in [5, 5.41) is 14.7. The maximum atomic E-state index is 13.2. The molecule has 4 atom stereocenters. The Morgan fingerprint density at radius 3 is 2.04 bits per heavy atom. The van der Waals surface area contributed by atoms with Crippen molar-refractivity contribution < 1.29 is 33.3 Å². The Balaban J connectivity index is 1.44. The molecule has 1 fully saturated rings. The summed E-state index contributed by atoms with van der Waals surface area (Å²) in [5.74, 6) is 0.699. The number of H-pyrrole nitrogens is 1. The van der Waals surface area contributed by atoms with Crippen molar-refractivity contribution in [3.05, 3.63) is 112 Å². The van der Waals surface area contributed by atoms with Gasteiger partial charge in [-0.15, -0.1) is 0 Å². The van der Waals surface area contributed by atoms with Crippen molar-refractivity contribution in [3.8, 4) is 11.5 Å². The van der Waals surface area contributed by atoms with Crippen LogP contribution in [0.4, 0.5) is 5.95 Å². The number of carbonyl (C=O) groups is 1. The number of aromatic amines is 1. The van der Waals surface area contributed by atoms with Crippen LogP contribution in [0.5, 0.6) is 11.5 Å². The average Bonchev–Trinajstić information content (AvgIpc) is 3.72. The van der Waals surface area contributed by atoms with Gasteiger partial charge in [-0.3, -0.25) is 24.5 Å². The zero-order chi connectivity index (χ0) is 39.7. The van der Waals surface area contributed by atoms with Gasteiger partial charge in [0.15, 0.2) is 25.7 Å². The predicted octanol–water partition coefficient (Wildman–Crippen LogP) is 6.39. The Morgan fingerprint density at radius 1 is 0.945 bits per heavy atom. The first-order valence-electron chi connectivity index (χ1n) is 18.4. The molecule has 0 radical (unpaired) electrons. The number of anilines is 1. The summed E-state index contributed by atoms with van der Waals surface area (Å²) in [6.45, 7) is 14.0. The highest BCUT2D eigenvalue weighted by Gasteiger charge is 2.52. The second kappa shape index (κ2) is 15.7. The maximum absolute atomic E-state index is 13.2. The molecule has 4 unspecified atom stereocenters. The number of hydrogen-bond donors (Lipinski definition) is 3. The van der Waals surface area contributed by atoms with Crippen LogP contribution >= 0.6 is 0 Å². The largest absolute Gasteiger partial charge is 0.497 e. The molecule has 55 heavy (non-hydrogen) atoms. The monoisotopic (exact) mass is 769 g/mol. The first-order chi connectivity index (χ1) is 26.1. The summed E-state index contributed by atoms with van der Waals surface area (Å²) in [6, 6.07) is 25.3. The van der Waals surface area contributed by atoms with Crippen molar-refractivity contribution >= 4 is 31.3 Å². The van der Waals surface area contributed by atoms with E-state index in [2.05, 4.69) is 54.1 Å². The molecule has 1 aliphatic rings. The quantitative estimate of drug-likeness (QED) is 0.0906. The third kappa shape index (κ3) is 7.82. The molecule has 0 spiro atoms. The van der Waals surface area contributed by atoms with Crippen molar-refractivity contribution in [2.75, 3.05) is 26.1 Å². The molecular formula is C41H51N5O8Si. The molecule has 6 rings (SSSR count). The number of nitrogens with one attached hydrogen (secondary N) is 2. The van der Waals surface area contributed by atoms with Gasteiger partial charge in [0.25, 0.3) is 5.56 Å². The average molecular weight is 770 g/mol. The van der Waals surface area contributed by atoms with Gasteiger partial charge in [0, 0.05) is 5.92 Å². The van der Waals surface area contributed by atoms with Gasteiger partial charge in [-0.05, 0) is 59.1 Å². The number of amides is 1. The number of rotatable bonds is 13. The van der Waals surface area contributed by atoms with Gasteiger partial charge in [0.05, 0.1) is 27.2 Å². The summed E-state index contributed by atoms with van der Waals surface area (Å²) in [4.78, 5) is 37.3. The van der Waals surface area contributed by atoms with E-state index in [9.17, 15) is 14.7 Å². The number of methoxy groups -OCH3 is 2. The van der Waals surface area contributed by atoms with E-state index in [0.717, 1.165) is 16.7 Å². The number of carbonyl (C=O) groups excluding carboxylic acids is 1. The Kier molecular flexibility index (Phi) is 11.4. The van der Waals surface area contributed by atoms with Crippen molar-refractivity contribution in [2.24, 2.45) is 5.92 Å². The molecule has 1 saturated heterocycles. The predicted molar refractivity (Wildman–Crippen MR) is 212 cm³/mol. The summed E-state index contributed by atoms with van der Waals surface area (Å²) in [6.07, 6.45) is -2.47. The normalized spacial score (nSPS) is 19.2. The van der Waals surface area contributed by atoms with Gasteiger partial charge in [-0.25, -0.2) is 4.98 Å². The number of aliphatic hydroxyl groups excluding tert-OH is 1. The summed E-state index contributed by atoms with van der Waals surface area (Å²) < 4.78 is 33.4. The molecule has 292 valence electrons. The molecule has 1 aliphatic heterocycles. The molecule has 0 aliphatic carbocycles. The minimum atomic E-state index is -2.54. The van der Waals surface area contributed by atoms with Crippen LogP contribution in [0.2, 0.25) is 18.1 Å². The molecule has 2 aromatic heterocycles. The number of aromatic nitrogens is 4. The summed E-state index contributed by atoms with van der Waals surface area (Å²) in [7, 11) is 0.701. The van der Waals surface area contributed by atoms with Gasteiger partial charge >= 0.3 is 0 Å². The topological polar surface area (TPSA) is 159 Å². The standard InChI is InChI=1S/C41H51N5O8Si/c1-25(2)36(48)44-39-43-35-32(37(49)45-39)42-24-46(35)38-34(54-55(8,9)40(3,4)5)33(47)31(53-38)23-52-41(26-13-11-10-12-14-26,27-15-19-29(50-6)20-16-27)28-17-21-30(51-7)22-18-28/h10-22,24-25,31,33-34,38,47H,23H2,1-9H3,(H2,43,44,45,48,49). The smallest absolute Gasteiger partial charge is 0.280 e. The van der Waals surface area contributed by atoms with Crippen LogP contribution in [-0.2, 0) is 24.3 Å². The minimum Gasteiger partial charge on any atom is -0.497 e. The Hall–Kier alpha value is -4.86. The molecular weight excluding hydrogens is 719 g/mol. The fraction of sp³-hybridized carbons (Fsp3) is 0.415. The lowest BCUT2D eigenvalue weighted by Gasteiger charge is -2.40. The highest BCUT2D eigenvalue weighted by atomic mass is 28.4. The molecule has 5 aromatic rings. The first-order valence-corrected chi connectivity index (χ1v) is 21.3. The van der Waals surface area contributed by atoms with Crippen LogP contribution in [0.3, 0.4) is 0 Å². The molecule has 3 N–H and O–H groups in total. The van der Waals surface area contributed by atoms with Crippen molar-refractivity contribution in [1.29, 1.82) is 0 Å². The summed E-state index contributed by atoms with van der Waals surface area (Å²) in [5.41, 5.74) is 1.01. The number of fused-ring (bicyclic) bond motifs is 1. The summed E-state index contributed by atoms with van der Waals surface area (Å²) >= 11 is 0. The molecule has 3 heterocycles. The van der Waals surface area contributed by atoms with Crippen LogP contribution in [0.1, 0.15) is 57.5 Å². The van der Waals surface area contributed by atoms with E-state index < -0.39 is 44.0 Å². The molecule has 0 saturated carbocycles. The van der Waals surface area contributed by atoms with Gasteiger partial charge in [-0.1, -0.05) is 89.2 Å². The van der Waals surface area contributed by atoms with Crippen molar-refractivity contribution in [2.45, 2.75) is 82.9 Å². The fourth-order valence-electron chi connectivity index (χ4n) is 6.44. The van der Waals surface area contributed by atoms with Crippen LogP contribution in [0, 0.1) is 5.92 Å². The molecule has 14 heteroatoms. The van der Waals surface area contributed by atoms with E-state index in [1.165, 1.54) is 6.33 Å². The van der Waals surface area contributed by atoms with Crippen molar-refractivity contribution in [1.82, 2.24) is 19.5 Å². The van der Waals surface area contributed by atoms with Gasteiger partial charge in [0.2, 0.25) is 11.9 Å². The van der Waals surface area contributed by atoms with Crippen LogP contribution in [0.15, 0.2) is 90.0 Å². The Morgan fingerprint density at radius 2 is 1.51 bits per heavy atom. The van der Waals surface area contributed by atoms with E-state index in [4.69, 9.17) is 23.4 Å². The van der Waals surface area contributed by atoms with E-state index >= 15 is 0 Å². The Labute approximate surface area is 322 Å². The van der Waals surface area contributed by atoms with Crippen LogP contribution in [-0.4, -0.2) is 78.0 Å². The lowest BCUT2D eigenvalue weighted by molar-refractivity contribution is -0.118. The highest BCUT2D eigenvalue weighted by molar-refractivity contribution is 6.74. The SMILES string of the molecule is COc1ccc(C(OCC2OC(n3cnc4c(=O)[nH]c(NC(=O)C(C)C)nc43)C(O[Si](C)(C)C(C)(C)C)C2O)(c2ccccc2)c2ccc(OC)cc2)cc1. The molecule has 1 amide bonds. The number of nitrogens with zero attached hydrogens (tertiary/aromatic N) is 3. The lowest BCUT2D eigenvalue weighted by Crippen LogP contribution is -2.49. The van der Waals surface area contributed by atoms with Crippen LogP contribution in [0.25, 0.3) is 11.2 Å². The number of hydrogen-bond acceptors (Lipinski definition) is 10. The van der Waals surface area contributed by atoms with Gasteiger partial charge in [-0.2, -0.15) is 4.98 Å². The third-order valence-corrected chi connectivity index (χ3v) is 15.1. The number of ether oxygens (including phenoxy) is 4. The van der Waals surface area contributed by atoms with E-state index in [-0.39, 0.29) is 40.6 Å². The molecule has 13 nitrogen and oxygen atoms in total. The maximum Gasteiger partial charge on any atom is 0.280 e. The zero-order valence-electron chi connectivity index (χ0n) is 32.8. The highest BCUT2D eigenvalue weighted by Crippen LogP contribution is 2.45. The first kappa shape index (κ1) is 39.8. The third-order valence-electron chi connectivity index (χ3n) is 10.7. The molecule has 3 aromatic carbocycles. The fourth-order valence-corrected chi connectivity index (χ4v) is 7.73.